The summed E-state index contributed by atoms with van der Waals surface area (Å²) in [6.07, 6.45) is 3.54. The van der Waals surface area contributed by atoms with Gasteiger partial charge in [0.1, 0.15) is 6.04 Å². The molecular weight excluding hydrogens is 821 g/mol. The molecule has 1 unspecified atom stereocenters. The predicted molar refractivity (Wildman–Crippen MR) is 225 cm³/mol. The van der Waals surface area contributed by atoms with E-state index in [1.807, 2.05) is 20.8 Å². The first-order valence-electron chi connectivity index (χ1n) is 21.5. The van der Waals surface area contributed by atoms with Crippen LogP contribution in [0.5, 0.6) is 0 Å². The van der Waals surface area contributed by atoms with Gasteiger partial charge in [0, 0.05) is 91.1 Å². The van der Waals surface area contributed by atoms with Crippen molar-refractivity contribution in [3.63, 3.8) is 0 Å². The lowest BCUT2D eigenvalue weighted by Gasteiger charge is -2.40. The molecule has 4 N–H and O–H groups in total. The molecule has 6 aliphatic heterocycles. The number of carbonyl (C=O) groups is 6. The number of halogens is 2. The summed E-state index contributed by atoms with van der Waals surface area (Å²) in [5.74, 6) is -4.82. The highest BCUT2D eigenvalue weighted by Crippen LogP contribution is 2.34. The summed E-state index contributed by atoms with van der Waals surface area (Å²) in [5, 5.41) is 13.1. The van der Waals surface area contributed by atoms with Gasteiger partial charge in [-0.1, -0.05) is 0 Å². The van der Waals surface area contributed by atoms with Crippen molar-refractivity contribution in [2.24, 2.45) is 11.7 Å². The van der Waals surface area contributed by atoms with E-state index < -0.39 is 47.2 Å². The molecule has 5 saturated heterocycles. The van der Waals surface area contributed by atoms with Gasteiger partial charge in [-0.3, -0.25) is 39.1 Å². The number of amides is 7. The average molecular weight is 870 g/mol. The number of imide groups is 2. The molecule has 0 bridgehead atoms. The van der Waals surface area contributed by atoms with Gasteiger partial charge in [-0.25, -0.2) is 13.6 Å². The monoisotopic (exact) mass is 869 g/mol. The zero-order chi connectivity index (χ0) is 44.1. The maximum atomic E-state index is 15.8. The number of carbonyl (C=O) groups excluding carboxylic acids is 6. The molecular formula is C42H49F2N13O6. The second-order valence-electron chi connectivity index (χ2n) is 17.1. The number of piperazine rings is 1. The molecule has 3 aromatic rings. The average Bonchev–Trinajstić information content (AvgIpc) is 3.75. The van der Waals surface area contributed by atoms with Crippen LogP contribution in [-0.2, 0) is 9.59 Å². The number of fused-ring (bicyclic) bond motifs is 1. The number of hydrogen-bond donors (Lipinski definition) is 3. The zero-order valence-corrected chi connectivity index (χ0v) is 34.9. The van der Waals surface area contributed by atoms with Crippen LogP contribution in [0, 0.1) is 17.6 Å². The van der Waals surface area contributed by atoms with Crippen molar-refractivity contribution >= 4 is 64.4 Å². The molecule has 0 saturated carbocycles. The van der Waals surface area contributed by atoms with Crippen molar-refractivity contribution in [3.05, 3.63) is 58.8 Å². The first kappa shape index (κ1) is 41.8. The quantitative estimate of drug-likeness (QED) is 0.248. The summed E-state index contributed by atoms with van der Waals surface area (Å²) in [5.41, 5.74) is 6.46. The summed E-state index contributed by atoms with van der Waals surface area (Å²) >= 11 is 0. The Labute approximate surface area is 361 Å². The summed E-state index contributed by atoms with van der Waals surface area (Å²) < 4.78 is 31.6. The van der Waals surface area contributed by atoms with E-state index in [1.54, 1.807) is 24.1 Å². The number of nitrogens with one attached hydrogen (secondary N) is 2. The van der Waals surface area contributed by atoms with Crippen LogP contribution in [0.4, 0.5) is 42.4 Å². The first-order chi connectivity index (χ1) is 30.3. The first-order valence-corrected chi connectivity index (χ1v) is 21.5. The number of nitrogens with zero attached hydrogens (tertiary/aromatic N) is 10. The van der Waals surface area contributed by atoms with Gasteiger partial charge in [-0.15, -0.1) is 10.2 Å². The second-order valence-corrected chi connectivity index (χ2v) is 17.1. The van der Waals surface area contributed by atoms with E-state index in [0.717, 1.165) is 55.9 Å². The van der Waals surface area contributed by atoms with E-state index in [9.17, 15) is 28.8 Å². The molecule has 19 nitrogen and oxygen atoms in total. The van der Waals surface area contributed by atoms with Gasteiger partial charge in [-0.2, -0.15) is 4.98 Å². The summed E-state index contributed by atoms with van der Waals surface area (Å²) in [6.45, 7) is 6.92. The number of anilines is 5. The fourth-order valence-corrected chi connectivity index (χ4v) is 9.68. The van der Waals surface area contributed by atoms with Crippen LogP contribution in [0.1, 0.15) is 69.7 Å². The minimum absolute atomic E-state index is 0.0382. The largest absolute Gasteiger partial charge is 0.371 e. The van der Waals surface area contributed by atoms with E-state index >= 15 is 8.78 Å². The summed E-state index contributed by atoms with van der Waals surface area (Å²) in [4.78, 5) is 92.7. The fourth-order valence-electron chi connectivity index (χ4n) is 9.68. The van der Waals surface area contributed by atoms with Gasteiger partial charge in [0.2, 0.25) is 17.8 Å². The molecule has 7 amide bonds. The standard InChI is InChI=1S/C42H49F2N13O6/c1-51-15-20-56(42(51)63)26-3-2-12-55(23-26)41-48-37(35(36(45)59)49-50-41)46-29-6-7-30(34(44)33(29)43)54-18-16-52(17-19-54)22-24-10-13-53(14-11-24)25-4-5-27-28(21-25)40(62)57(39(27)61)31-8-9-32(58)47-38(31)60/h4-7,21,24,26,31H,2-3,8-20,22-23H2,1H3,(H2,45,59)(H,46,48,50)(H,47,58,60)/t26-,31?/m1/s1. The fraction of sp³-hybridized carbons (Fsp3) is 0.500. The smallest absolute Gasteiger partial charge is 0.320 e. The second kappa shape index (κ2) is 17.0. The van der Waals surface area contributed by atoms with E-state index in [2.05, 4.69) is 35.6 Å². The molecule has 332 valence electrons. The zero-order valence-electron chi connectivity index (χ0n) is 34.9. The molecule has 21 heteroatoms. The van der Waals surface area contributed by atoms with E-state index in [1.165, 1.54) is 12.1 Å². The Kier molecular flexibility index (Phi) is 11.3. The van der Waals surface area contributed by atoms with Gasteiger partial charge in [-0.05, 0) is 68.4 Å². The van der Waals surface area contributed by atoms with Crippen molar-refractivity contribution < 1.29 is 37.5 Å². The van der Waals surface area contributed by atoms with Crippen LogP contribution in [-0.4, -0.2) is 161 Å². The Hall–Kier alpha value is -6.51. The molecule has 2 aromatic carbocycles. The number of piperidine rings is 3. The van der Waals surface area contributed by atoms with Crippen molar-refractivity contribution in [3.8, 4) is 0 Å². The molecule has 1 aromatic heterocycles. The summed E-state index contributed by atoms with van der Waals surface area (Å²) in [7, 11) is 1.76. The normalized spacial score (nSPS) is 22.6. The molecule has 7 heterocycles. The Bertz CT molecular complexity index is 2370. The van der Waals surface area contributed by atoms with Gasteiger partial charge in [0.05, 0.1) is 28.5 Å². The molecule has 9 rings (SSSR count). The highest BCUT2D eigenvalue weighted by atomic mass is 19.2. The number of aromatic nitrogens is 3. The van der Waals surface area contributed by atoms with Crippen LogP contribution in [0.3, 0.4) is 0 Å². The highest BCUT2D eigenvalue weighted by Gasteiger charge is 2.45. The lowest BCUT2D eigenvalue weighted by Crippen LogP contribution is -2.54. The molecule has 2 atom stereocenters. The Morgan fingerprint density at radius 1 is 0.825 bits per heavy atom. The third kappa shape index (κ3) is 8.04. The summed E-state index contributed by atoms with van der Waals surface area (Å²) in [6, 6.07) is 6.96. The van der Waals surface area contributed by atoms with Gasteiger partial charge in [0.15, 0.2) is 23.1 Å². The molecule has 6 aliphatic rings. The van der Waals surface area contributed by atoms with Crippen molar-refractivity contribution in [1.82, 2.24) is 40.1 Å². The SMILES string of the molecule is CN1CCN([C@@H]2CCCN(c3nnc(C(N)=O)c(Nc4ccc(N5CCN(CC6CCN(c7ccc8c(c7)C(=O)N(C7CCC(=O)NC7=O)C8=O)CC6)CC5)c(F)c4F)n3)C2)C1=O. The van der Waals surface area contributed by atoms with Crippen LogP contribution < -0.4 is 31.1 Å². The predicted octanol–water partition coefficient (Wildman–Crippen LogP) is 1.77. The lowest BCUT2D eigenvalue weighted by molar-refractivity contribution is -0.136. The number of benzene rings is 2. The number of hydrogen-bond acceptors (Lipinski definition) is 14. The highest BCUT2D eigenvalue weighted by molar-refractivity contribution is 6.23. The lowest BCUT2D eigenvalue weighted by atomic mass is 9.95. The number of primary amides is 1. The van der Waals surface area contributed by atoms with Crippen molar-refractivity contribution in [1.29, 1.82) is 0 Å². The van der Waals surface area contributed by atoms with Crippen LogP contribution >= 0.6 is 0 Å². The van der Waals surface area contributed by atoms with Crippen molar-refractivity contribution in [2.75, 3.05) is 99.1 Å². The third-order valence-electron chi connectivity index (χ3n) is 13.2. The number of rotatable bonds is 10. The minimum Gasteiger partial charge on any atom is -0.371 e. The van der Waals surface area contributed by atoms with E-state index in [-0.39, 0.29) is 64.9 Å². The topological polar surface area (TPSA) is 214 Å². The molecule has 0 aliphatic carbocycles. The Morgan fingerprint density at radius 3 is 2.30 bits per heavy atom. The number of nitrogens with two attached hydrogens (primary N) is 1. The molecule has 5 fully saturated rings. The molecule has 63 heavy (non-hydrogen) atoms. The number of likely N-dealkylation sites (N-methyl/N-ethyl adjacent to an activating group) is 1. The third-order valence-corrected chi connectivity index (χ3v) is 13.2. The van der Waals surface area contributed by atoms with E-state index in [4.69, 9.17) is 5.73 Å². The van der Waals surface area contributed by atoms with E-state index in [0.29, 0.717) is 58.3 Å². The van der Waals surface area contributed by atoms with Crippen LogP contribution in [0.25, 0.3) is 0 Å². The van der Waals surface area contributed by atoms with Crippen LogP contribution in [0.15, 0.2) is 30.3 Å². The maximum absolute atomic E-state index is 15.8. The van der Waals surface area contributed by atoms with Gasteiger partial charge < -0.3 is 35.6 Å². The molecule has 0 spiro atoms. The van der Waals surface area contributed by atoms with Crippen LogP contribution in [0.2, 0.25) is 0 Å². The Morgan fingerprint density at radius 2 is 1.59 bits per heavy atom. The number of urea groups is 1. The van der Waals surface area contributed by atoms with Crippen molar-refractivity contribution in [2.45, 2.75) is 50.6 Å². The van der Waals surface area contributed by atoms with Gasteiger partial charge in [0.25, 0.3) is 17.7 Å². The van der Waals surface area contributed by atoms with Gasteiger partial charge >= 0.3 is 6.03 Å². The molecule has 0 radical (unpaired) electrons. The minimum atomic E-state index is -1.14. The Balaban J connectivity index is 0.782. The maximum Gasteiger partial charge on any atom is 0.320 e.